The lowest BCUT2D eigenvalue weighted by Gasteiger charge is -2.19. The second-order valence-electron chi connectivity index (χ2n) is 5.54. The van der Waals surface area contributed by atoms with Crippen molar-refractivity contribution < 1.29 is 17.7 Å². The Morgan fingerprint density at radius 2 is 2.17 bits per heavy atom. The second-order valence-corrected chi connectivity index (χ2v) is 7.55. The summed E-state index contributed by atoms with van der Waals surface area (Å²) in [4.78, 5) is 12.1. The van der Waals surface area contributed by atoms with E-state index in [-0.39, 0.29) is 18.2 Å². The first-order valence-electron chi connectivity index (χ1n) is 7.83. The van der Waals surface area contributed by atoms with E-state index in [0.29, 0.717) is 30.7 Å². The van der Waals surface area contributed by atoms with E-state index in [4.69, 9.17) is 4.52 Å². The van der Waals surface area contributed by atoms with Crippen LogP contribution in [-0.4, -0.2) is 38.3 Å². The Morgan fingerprint density at radius 1 is 1.38 bits per heavy atom. The number of hydrogen-bond donors (Lipinski definition) is 1. The molecule has 0 spiro atoms. The maximum absolute atomic E-state index is 12.5. The smallest absolute Gasteiger partial charge is 0.256 e. The fourth-order valence-electron chi connectivity index (χ4n) is 2.80. The van der Waals surface area contributed by atoms with Crippen LogP contribution in [0.2, 0.25) is 0 Å². The molecule has 1 aromatic heterocycles. The predicted octanol–water partition coefficient (Wildman–Crippen LogP) is 1.36. The Balaban J connectivity index is 1.61. The average Bonchev–Trinajstić information content (AvgIpc) is 3.21. The fourth-order valence-corrected chi connectivity index (χ4v) is 4.23. The molecule has 0 saturated heterocycles. The Kier molecular flexibility index (Phi) is 4.57. The molecule has 128 valence electrons. The van der Waals surface area contributed by atoms with Crippen molar-refractivity contribution in [2.75, 3.05) is 23.1 Å². The number of carbonyl (C=O) groups excluding carboxylic acids is 1. The van der Waals surface area contributed by atoms with Crippen molar-refractivity contribution in [3.05, 3.63) is 47.3 Å². The lowest BCUT2D eigenvalue weighted by atomic mass is 10.2. The molecule has 8 heteroatoms. The molecule has 1 aliphatic heterocycles. The zero-order valence-corrected chi connectivity index (χ0v) is 14.2. The molecule has 2 heterocycles. The van der Waals surface area contributed by atoms with Gasteiger partial charge in [-0.25, -0.2) is 8.42 Å². The third kappa shape index (κ3) is 3.14. The number of nitrogens with zero attached hydrogens (tertiary/aromatic N) is 2. The summed E-state index contributed by atoms with van der Waals surface area (Å²) < 4.78 is 31.4. The lowest BCUT2D eigenvalue weighted by Crippen LogP contribution is -2.37. The van der Waals surface area contributed by atoms with E-state index in [1.807, 2.05) is 31.2 Å². The Morgan fingerprint density at radius 3 is 2.96 bits per heavy atom. The lowest BCUT2D eigenvalue weighted by molar-refractivity contribution is 0.0954. The van der Waals surface area contributed by atoms with Crippen LogP contribution in [0, 0.1) is 0 Å². The van der Waals surface area contributed by atoms with Crippen LogP contribution in [0.15, 0.2) is 35.0 Å². The SMILES string of the molecule is CCc1oncc1C(=O)NCCS(=O)(=O)N1CCc2ccccc21. The fraction of sp³-hybridized carbons (Fsp3) is 0.375. The molecule has 0 atom stereocenters. The maximum atomic E-state index is 12.5. The summed E-state index contributed by atoms with van der Waals surface area (Å²) in [5.41, 5.74) is 2.11. The van der Waals surface area contributed by atoms with Crippen LogP contribution in [0.25, 0.3) is 0 Å². The maximum Gasteiger partial charge on any atom is 0.256 e. The summed E-state index contributed by atoms with van der Waals surface area (Å²) in [6.07, 6.45) is 2.60. The molecule has 2 aromatic rings. The van der Waals surface area contributed by atoms with Gasteiger partial charge in [-0.3, -0.25) is 9.10 Å². The van der Waals surface area contributed by atoms with Crippen LogP contribution in [0.1, 0.15) is 28.6 Å². The van der Waals surface area contributed by atoms with Gasteiger partial charge in [0.2, 0.25) is 10.0 Å². The van der Waals surface area contributed by atoms with E-state index in [9.17, 15) is 13.2 Å². The number of aryl methyl sites for hydroxylation is 1. The van der Waals surface area contributed by atoms with Gasteiger partial charge in [0.05, 0.1) is 17.6 Å². The highest BCUT2D eigenvalue weighted by Crippen LogP contribution is 2.29. The summed E-state index contributed by atoms with van der Waals surface area (Å²) in [7, 11) is -3.47. The van der Waals surface area contributed by atoms with Crippen molar-refractivity contribution in [2.24, 2.45) is 0 Å². The first-order valence-corrected chi connectivity index (χ1v) is 9.44. The molecular formula is C16H19N3O4S. The minimum atomic E-state index is -3.47. The van der Waals surface area contributed by atoms with Crippen LogP contribution in [-0.2, 0) is 22.9 Å². The van der Waals surface area contributed by atoms with Crippen LogP contribution in [0.4, 0.5) is 5.69 Å². The van der Waals surface area contributed by atoms with Crippen LogP contribution < -0.4 is 9.62 Å². The number of rotatable bonds is 6. The first-order chi connectivity index (χ1) is 11.5. The molecule has 0 aliphatic carbocycles. The van der Waals surface area contributed by atoms with Crippen molar-refractivity contribution in [1.82, 2.24) is 10.5 Å². The summed E-state index contributed by atoms with van der Waals surface area (Å²) in [5.74, 6) is -0.0336. The third-order valence-corrected chi connectivity index (χ3v) is 5.81. The van der Waals surface area contributed by atoms with Gasteiger partial charge in [0.25, 0.3) is 5.91 Å². The molecule has 1 amide bonds. The Hall–Kier alpha value is -2.35. The molecule has 0 fully saturated rings. The van der Waals surface area contributed by atoms with Crippen LogP contribution in [0.3, 0.4) is 0 Å². The molecular weight excluding hydrogens is 330 g/mol. The summed E-state index contributed by atoms with van der Waals surface area (Å²) in [6, 6.07) is 7.47. The molecule has 24 heavy (non-hydrogen) atoms. The number of sulfonamides is 1. The van der Waals surface area contributed by atoms with Crippen molar-refractivity contribution in [3.63, 3.8) is 0 Å². The molecule has 1 aliphatic rings. The number of anilines is 1. The van der Waals surface area contributed by atoms with Crippen LogP contribution in [0.5, 0.6) is 0 Å². The van der Waals surface area contributed by atoms with Gasteiger partial charge in [0.15, 0.2) is 0 Å². The monoisotopic (exact) mass is 349 g/mol. The van der Waals surface area contributed by atoms with Crippen molar-refractivity contribution in [3.8, 4) is 0 Å². The highest BCUT2D eigenvalue weighted by Gasteiger charge is 2.28. The zero-order valence-electron chi connectivity index (χ0n) is 13.4. The van der Waals surface area contributed by atoms with E-state index in [1.165, 1.54) is 10.5 Å². The third-order valence-electron chi connectivity index (χ3n) is 4.04. The minimum absolute atomic E-state index is 0.0359. The van der Waals surface area contributed by atoms with Gasteiger partial charge in [-0.15, -0.1) is 0 Å². The number of nitrogens with one attached hydrogen (secondary N) is 1. The van der Waals surface area contributed by atoms with Crippen LogP contribution >= 0.6 is 0 Å². The number of benzene rings is 1. The van der Waals surface area contributed by atoms with E-state index in [2.05, 4.69) is 10.5 Å². The van der Waals surface area contributed by atoms with Crippen molar-refractivity contribution in [1.29, 1.82) is 0 Å². The van der Waals surface area contributed by atoms with E-state index in [1.54, 1.807) is 0 Å². The van der Waals surface area contributed by atoms with Gasteiger partial charge in [-0.1, -0.05) is 30.3 Å². The summed E-state index contributed by atoms with van der Waals surface area (Å²) >= 11 is 0. The predicted molar refractivity (Wildman–Crippen MR) is 89.5 cm³/mol. The van der Waals surface area contributed by atoms with Gasteiger partial charge >= 0.3 is 0 Å². The summed E-state index contributed by atoms with van der Waals surface area (Å²) in [6.45, 7) is 2.34. The molecule has 0 radical (unpaired) electrons. The van der Waals surface area contributed by atoms with E-state index in [0.717, 1.165) is 11.3 Å². The molecule has 0 saturated carbocycles. The van der Waals surface area contributed by atoms with E-state index >= 15 is 0 Å². The molecule has 0 unspecified atom stereocenters. The number of para-hydroxylation sites is 1. The molecule has 0 bridgehead atoms. The molecule has 1 N–H and O–H groups in total. The van der Waals surface area contributed by atoms with Gasteiger partial charge in [0.1, 0.15) is 11.3 Å². The van der Waals surface area contributed by atoms with Crippen molar-refractivity contribution >= 4 is 21.6 Å². The van der Waals surface area contributed by atoms with Gasteiger partial charge < -0.3 is 9.84 Å². The van der Waals surface area contributed by atoms with Gasteiger partial charge in [-0.2, -0.15) is 0 Å². The van der Waals surface area contributed by atoms with Crippen molar-refractivity contribution in [2.45, 2.75) is 19.8 Å². The van der Waals surface area contributed by atoms with E-state index < -0.39 is 10.0 Å². The zero-order chi connectivity index (χ0) is 17.2. The average molecular weight is 349 g/mol. The molecule has 7 nitrogen and oxygen atoms in total. The Bertz CT molecular complexity index is 845. The molecule has 1 aromatic carbocycles. The van der Waals surface area contributed by atoms with Gasteiger partial charge in [0, 0.05) is 19.5 Å². The topological polar surface area (TPSA) is 92.5 Å². The standard InChI is InChI=1S/C16H19N3O4S/c1-2-15-13(11-18-23-15)16(20)17-8-10-24(21,22)19-9-7-12-5-3-4-6-14(12)19/h3-6,11H,2,7-10H2,1H3,(H,17,20). The highest BCUT2D eigenvalue weighted by molar-refractivity contribution is 7.92. The highest BCUT2D eigenvalue weighted by atomic mass is 32.2. The number of carbonyl (C=O) groups is 1. The first kappa shape index (κ1) is 16.5. The summed E-state index contributed by atoms with van der Waals surface area (Å²) in [5, 5.41) is 6.22. The Labute approximate surface area is 140 Å². The van der Waals surface area contributed by atoms with Gasteiger partial charge in [-0.05, 0) is 18.1 Å². The normalized spacial score (nSPS) is 13.8. The quantitative estimate of drug-likeness (QED) is 0.850. The number of fused-ring (bicyclic) bond motifs is 1. The second kappa shape index (κ2) is 6.64. The largest absolute Gasteiger partial charge is 0.361 e. The number of amides is 1. The molecule has 3 rings (SSSR count). The number of hydrogen-bond acceptors (Lipinski definition) is 5. The minimum Gasteiger partial charge on any atom is -0.361 e. The number of aromatic nitrogens is 1.